The Labute approximate surface area is 109 Å². The third kappa shape index (κ3) is 5.91. The summed E-state index contributed by atoms with van der Waals surface area (Å²) < 4.78 is 0. The Morgan fingerprint density at radius 1 is 1.22 bits per heavy atom. The predicted octanol–water partition coefficient (Wildman–Crippen LogP) is -0.283. The number of aliphatic hydroxyl groups is 2. The molecule has 1 heterocycles. The van der Waals surface area contributed by atoms with Crippen LogP contribution >= 0.6 is 0 Å². The second-order valence-electron chi connectivity index (χ2n) is 5.06. The lowest BCUT2D eigenvalue weighted by Gasteiger charge is -2.35. The fraction of sp³-hybridized carbons (Fsp3) is 0.923. The average molecular weight is 258 g/mol. The van der Waals surface area contributed by atoms with Crippen molar-refractivity contribution in [2.24, 2.45) is 0 Å². The summed E-state index contributed by atoms with van der Waals surface area (Å²) in [4.78, 5) is 16.0. The van der Waals surface area contributed by atoms with Gasteiger partial charge in [-0.1, -0.05) is 13.3 Å². The third-order valence-electron chi connectivity index (χ3n) is 3.35. The van der Waals surface area contributed by atoms with Gasteiger partial charge in [-0.15, -0.1) is 0 Å². The van der Waals surface area contributed by atoms with Gasteiger partial charge in [0.25, 0.3) is 0 Å². The number of carbonyl (C=O) groups excluding carboxylic acids is 1. The molecule has 0 aliphatic carbocycles. The molecule has 1 aliphatic rings. The highest BCUT2D eigenvalue weighted by Crippen LogP contribution is 2.04. The first-order chi connectivity index (χ1) is 8.65. The Kier molecular flexibility index (Phi) is 7.42. The smallest absolute Gasteiger partial charge is 0.146 e. The molecule has 2 N–H and O–H groups in total. The molecule has 0 radical (unpaired) electrons. The normalized spacial score (nSPS) is 19.9. The van der Waals surface area contributed by atoms with Crippen LogP contribution in [-0.2, 0) is 4.79 Å². The second-order valence-corrected chi connectivity index (χ2v) is 5.06. The second kappa shape index (κ2) is 8.58. The molecule has 1 fully saturated rings. The van der Waals surface area contributed by atoms with Gasteiger partial charge >= 0.3 is 0 Å². The lowest BCUT2D eigenvalue weighted by Crippen LogP contribution is -2.50. The van der Waals surface area contributed by atoms with Gasteiger partial charge in [0.05, 0.1) is 19.3 Å². The molecule has 0 bridgehead atoms. The topological polar surface area (TPSA) is 64.0 Å². The highest BCUT2D eigenvalue weighted by Gasteiger charge is 2.20. The van der Waals surface area contributed by atoms with Gasteiger partial charge in [-0.2, -0.15) is 0 Å². The SMILES string of the molecule is CCCCC(=O)CN1CCN(CC(O)CO)CC1. The highest BCUT2D eigenvalue weighted by molar-refractivity contribution is 5.80. The van der Waals surface area contributed by atoms with Crippen LogP contribution in [0, 0.1) is 0 Å². The van der Waals surface area contributed by atoms with Crippen molar-refractivity contribution in [2.45, 2.75) is 32.3 Å². The number of nitrogens with zero attached hydrogens (tertiary/aromatic N) is 2. The summed E-state index contributed by atoms with van der Waals surface area (Å²) in [7, 11) is 0. The van der Waals surface area contributed by atoms with Gasteiger partial charge < -0.3 is 10.2 Å². The van der Waals surface area contributed by atoms with Gasteiger partial charge in [-0.25, -0.2) is 0 Å². The van der Waals surface area contributed by atoms with Crippen molar-refractivity contribution < 1.29 is 15.0 Å². The van der Waals surface area contributed by atoms with Crippen molar-refractivity contribution in [3.8, 4) is 0 Å². The first-order valence-corrected chi connectivity index (χ1v) is 6.91. The fourth-order valence-corrected chi connectivity index (χ4v) is 2.19. The number of ketones is 1. The molecular weight excluding hydrogens is 232 g/mol. The van der Waals surface area contributed by atoms with Gasteiger partial charge in [-0.05, 0) is 6.42 Å². The number of β-amino-alcohol motifs (C(OH)–C–C–N with tert-alkyl or cyclic N) is 1. The Morgan fingerprint density at radius 2 is 1.83 bits per heavy atom. The van der Waals surface area contributed by atoms with Crippen LogP contribution in [0.2, 0.25) is 0 Å². The molecule has 1 atom stereocenters. The minimum absolute atomic E-state index is 0.185. The largest absolute Gasteiger partial charge is 0.394 e. The lowest BCUT2D eigenvalue weighted by molar-refractivity contribution is -0.120. The molecule has 5 nitrogen and oxygen atoms in total. The number of rotatable bonds is 8. The standard InChI is InChI=1S/C13H26N2O3/c1-2-3-4-12(17)9-14-5-7-15(8-6-14)10-13(18)11-16/h13,16,18H,2-11H2,1H3. The van der Waals surface area contributed by atoms with Crippen LogP contribution in [0.4, 0.5) is 0 Å². The Bertz CT molecular complexity index is 240. The Morgan fingerprint density at radius 3 is 2.39 bits per heavy atom. The van der Waals surface area contributed by atoms with Crippen molar-refractivity contribution in [1.29, 1.82) is 0 Å². The molecule has 1 unspecified atom stereocenters. The van der Waals surface area contributed by atoms with Crippen molar-refractivity contribution in [3.05, 3.63) is 0 Å². The van der Waals surface area contributed by atoms with Crippen molar-refractivity contribution in [3.63, 3.8) is 0 Å². The highest BCUT2D eigenvalue weighted by atomic mass is 16.3. The zero-order valence-electron chi connectivity index (χ0n) is 11.3. The quantitative estimate of drug-likeness (QED) is 0.627. The van der Waals surface area contributed by atoms with E-state index in [2.05, 4.69) is 16.7 Å². The van der Waals surface area contributed by atoms with Crippen LogP contribution in [0.5, 0.6) is 0 Å². The van der Waals surface area contributed by atoms with Crippen molar-refractivity contribution >= 4 is 5.78 Å². The van der Waals surface area contributed by atoms with Crippen LogP contribution < -0.4 is 0 Å². The average Bonchev–Trinajstić information content (AvgIpc) is 2.38. The van der Waals surface area contributed by atoms with E-state index in [1.807, 2.05) is 0 Å². The molecule has 106 valence electrons. The number of hydrogen-bond acceptors (Lipinski definition) is 5. The lowest BCUT2D eigenvalue weighted by atomic mass is 10.1. The van der Waals surface area contributed by atoms with E-state index in [4.69, 9.17) is 5.11 Å². The summed E-state index contributed by atoms with van der Waals surface area (Å²) in [6.07, 6.45) is 2.10. The van der Waals surface area contributed by atoms with E-state index >= 15 is 0 Å². The number of piperazine rings is 1. The summed E-state index contributed by atoms with van der Waals surface area (Å²) in [6, 6.07) is 0. The number of unbranched alkanes of at least 4 members (excludes halogenated alkanes) is 1. The van der Waals surface area contributed by atoms with E-state index < -0.39 is 6.10 Å². The molecule has 0 spiro atoms. The maximum Gasteiger partial charge on any atom is 0.146 e. The van der Waals surface area contributed by atoms with E-state index in [0.717, 1.165) is 39.0 Å². The molecule has 18 heavy (non-hydrogen) atoms. The third-order valence-corrected chi connectivity index (χ3v) is 3.35. The predicted molar refractivity (Wildman–Crippen MR) is 70.5 cm³/mol. The summed E-state index contributed by atoms with van der Waals surface area (Å²) >= 11 is 0. The minimum atomic E-state index is -0.650. The van der Waals surface area contributed by atoms with Gasteiger partial charge in [0.15, 0.2) is 0 Å². The molecule has 0 aromatic rings. The molecule has 0 aromatic heterocycles. The van der Waals surface area contributed by atoms with E-state index in [1.54, 1.807) is 0 Å². The number of hydrogen-bond donors (Lipinski definition) is 2. The molecule has 1 aliphatic heterocycles. The van der Waals surface area contributed by atoms with Crippen LogP contribution in [0.25, 0.3) is 0 Å². The van der Waals surface area contributed by atoms with E-state index in [0.29, 0.717) is 25.3 Å². The van der Waals surface area contributed by atoms with Crippen LogP contribution in [0.15, 0.2) is 0 Å². The van der Waals surface area contributed by atoms with Crippen LogP contribution in [0.3, 0.4) is 0 Å². The van der Waals surface area contributed by atoms with Gasteiger partial charge in [0.1, 0.15) is 5.78 Å². The van der Waals surface area contributed by atoms with Gasteiger partial charge in [-0.3, -0.25) is 14.6 Å². The maximum atomic E-state index is 11.6. The summed E-state index contributed by atoms with van der Waals surface area (Å²) in [6.45, 7) is 6.46. The molecule has 5 heteroatoms. The molecule has 1 rings (SSSR count). The zero-order valence-corrected chi connectivity index (χ0v) is 11.3. The number of carbonyl (C=O) groups is 1. The summed E-state index contributed by atoms with van der Waals surface area (Å²) in [5, 5.41) is 18.1. The first-order valence-electron chi connectivity index (χ1n) is 6.91. The Balaban J connectivity index is 2.17. The molecule has 0 amide bonds. The van der Waals surface area contributed by atoms with Gasteiger partial charge in [0.2, 0.25) is 0 Å². The van der Waals surface area contributed by atoms with E-state index in [-0.39, 0.29) is 6.61 Å². The molecule has 1 saturated heterocycles. The molecular formula is C13H26N2O3. The van der Waals surface area contributed by atoms with Crippen LogP contribution in [0.1, 0.15) is 26.2 Å². The zero-order chi connectivity index (χ0) is 13.4. The van der Waals surface area contributed by atoms with Gasteiger partial charge in [0, 0.05) is 39.1 Å². The fourth-order valence-electron chi connectivity index (χ4n) is 2.19. The van der Waals surface area contributed by atoms with E-state index in [1.165, 1.54) is 0 Å². The molecule has 0 aromatic carbocycles. The summed E-state index contributed by atoms with van der Waals surface area (Å²) in [5.74, 6) is 0.334. The van der Waals surface area contributed by atoms with E-state index in [9.17, 15) is 9.90 Å². The first kappa shape index (κ1) is 15.6. The minimum Gasteiger partial charge on any atom is -0.394 e. The maximum absolute atomic E-state index is 11.6. The van der Waals surface area contributed by atoms with Crippen LogP contribution in [-0.4, -0.2) is 77.8 Å². The Hall–Kier alpha value is -0.490. The molecule has 0 saturated carbocycles. The monoisotopic (exact) mass is 258 g/mol. The number of aliphatic hydroxyl groups excluding tert-OH is 2. The van der Waals surface area contributed by atoms with Crippen molar-refractivity contribution in [1.82, 2.24) is 9.80 Å². The summed E-state index contributed by atoms with van der Waals surface area (Å²) in [5.41, 5.74) is 0. The number of Topliss-reactive ketones (excluding diaryl/α,β-unsaturated/α-hetero) is 1. The van der Waals surface area contributed by atoms with Crippen molar-refractivity contribution in [2.75, 3.05) is 45.9 Å².